The van der Waals surface area contributed by atoms with E-state index in [1.807, 2.05) is 0 Å². The zero-order valence-corrected chi connectivity index (χ0v) is 14.3. The van der Waals surface area contributed by atoms with Crippen LogP contribution in [-0.4, -0.2) is 43.4 Å². The Morgan fingerprint density at radius 1 is 1.39 bits per heavy atom. The lowest BCUT2D eigenvalue weighted by Crippen LogP contribution is -2.75. The fraction of sp³-hybridized carbons (Fsp3) is 0.533. The van der Waals surface area contributed by atoms with Crippen molar-refractivity contribution in [3.8, 4) is 5.75 Å². The SMILES string of the molecule is COc1ccc(C)cc1S(=O)(=O)NC1(C(=O)O)CC(O)C1(C)C. The van der Waals surface area contributed by atoms with Crippen molar-refractivity contribution < 1.29 is 28.2 Å². The van der Waals surface area contributed by atoms with Gasteiger partial charge in [-0.3, -0.25) is 4.79 Å². The predicted octanol–water partition coefficient (Wildman–Crippen LogP) is 0.896. The normalized spacial score (nSPS) is 26.4. The van der Waals surface area contributed by atoms with Gasteiger partial charge in [0.1, 0.15) is 16.2 Å². The number of nitrogens with one attached hydrogen (secondary N) is 1. The summed E-state index contributed by atoms with van der Waals surface area (Å²) in [6.45, 7) is 4.76. The van der Waals surface area contributed by atoms with E-state index in [4.69, 9.17) is 4.74 Å². The minimum Gasteiger partial charge on any atom is -0.495 e. The molecule has 23 heavy (non-hydrogen) atoms. The summed E-state index contributed by atoms with van der Waals surface area (Å²) in [6.07, 6.45) is -1.09. The van der Waals surface area contributed by atoms with E-state index in [1.165, 1.54) is 33.1 Å². The highest BCUT2D eigenvalue weighted by atomic mass is 32.2. The molecule has 0 bridgehead atoms. The largest absolute Gasteiger partial charge is 0.495 e. The standard InChI is InChI=1S/C15H21NO6S/c1-9-5-6-10(22-4)11(7-9)23(20,21)16-15(13(18)19)8-12(17)14(15,2)3/h5-7,12,16-17H,8H2,1-4H3,(H,18,19). The molecule has 0 aromatic heterocycles. The van der Waals surface area contributed by atoms with Crippen molar-refractivity contribution in [1.82, 2.24) is 4.72 Å². The van der Waals surface area contributed by atoms with Gasteiger partial charge in [-0.2, -0.15) is 4.72 Å². The van der Waals surface area contributed by atoms with Gasteiger partial charge in [0.05, 0.1) is 13.2 Å². The van der Waals surface area contributed by atoms with E-state index >= 15 is 0 Å². The molecule has 2 unspecified atom stereocenters. The van der Waals surface area contributed by atoms with Crippen molar-refractivity contribution in [3.63, 3.8) is 0 Å². The average Bonchev–Trinajstić information content (AvgIpc) is 2.46. The smallest absolute Gasteiger partial charge is 0.325 e. The molecule has 7 nitrogen and oxygen atoms in total. The molecule has 128 valence electrons. The van der Waals surface area contributed by atoms with Crippen LogP contribution in [0.1, 0.15) is 25.8 Å². The van der Waals surface area contributed by atoms with Crippen LogP contribution in [0.3, 0.4) is 0 Å². The van der Waals surface area contributed by atoms with Crippen LogP contribution >= 0.6 is 0 Å². The number of ether oxygens (including phenoxy) is 1. The Morgan fingerprint density at radius 3 is 2.43 bits per heavy atom. The Morgan fingerprint density at radius 2 is 2.00 bits per heavy atom. The summed E-state index contributed by atoms with van der Waals surface area (Å²) in [5, 5.41) is 19.4. The van der Waals surface area contributed by atoms with Crippen molar-refractivity contribution >= 4 is 16.0 Å². The number of hydrogen-bond acceptors (Lipinski definition) is 5. The summed E-state index contributed by atoms with van der Waals surface area (Å²) >= 11 is 0. The third-order valence-electron chi connectivity index (χ3n) is 4.71. The second-order valence-electron chi connectivity index (χ2n) is 6.41. The number of rotatable bonds is 5. The number of aryl methyl sites for hydroxylation is 1. The number of aliphatic hydroxyl groups excluding tert-OH is 1. The first-order valence-corrected chi connectivity index (χ1v) is 8.56. The molecule has 0 spiro atoms. The van der Waals surface area contributed by atoms with Crippen LogP contribution in [0, 0.1) is 12.3 Å². The number of carboxylic acid groups (broad SMARTS) is 1. The van der Waals surface area contributed by atoms with Crippen molar-refractivity contribution in [2.45, 2.75) is 43.7 Å². The van der Waals surface area contributed by atoms with Gasteiger partial charge in [-0.05, 0) is 24.6 Å². The number of aliphatic hydroxyl groups is 1. The number of sulfonamides is 1. The van der Waals surface area contributed by atoms with Gasteiger partial charge in [0.2, 0.25) is 10.0 Å². The number of carboxylic acids is 1. The zero-order valence-electron chi connectivity index (χ0n) is 13.5. The molecule has 1 aliphatic rings. The van der Waals surface area contributed by atoms with Crippen LogP contribution in [0.25, 0.3) is 0 Å². The molecule has 0 heterocycles. The topological polar surface area (TPSA) is 113 Å². The summed E-state index contributed by atoms with van der Waals surface area (Å²) in [5.41, 5.74) is -2.20. The van der Waals surface area contributed by atoms with Crippen LogP contribution in [-0.2, 0) is 14.8 Å². The number of benzene rings is 1. The Balaban J connectivity index is 2.50. The van der Waals surface area contributed by atoms with E-state index in [2.05, 4.69) is 4.72 Å². The first kappa shape index (κ1) is 17.7. The lowest BCUT2D eigenvalue weighted by molar-refractivity contribution is -0.178. The molecule has 0 saturated heterocycles. The van der Waals surface area contributed by atoms with E-state index in [-0.39, 0.29) is 17.1 Å². The van der Waals surface area contributed by atoms with Gasteiger partial charge >= 0.3 is 5.97 Å². The van der Waals surface area contributed by atoms with Crippen molar-refractivity contribution in [1.29, 1.82) is 0 Å². The Kier molecular flexibility index (Phi) is 4.21. The highest BCUT2D eigenvalue weighted by Gasteiger charge is 2.66. The van der Waals surface area contributed by atoms with Crippen LogP contribution in [0.4, 0.5) is 0 Å². The van der Waals surface area contributed by atoms with Crippen LogP contribution in [0.15, 0.2) is 23.1 Å². The van der Waals surface area contributed by atoms with Gasteiger partial charge in [-0.25, -0.2) is 8.42 Å². The maximum Gasteiger partial charge on any atom is 0.325 e. The van der Waals surface area contributed by atoms with Gasteiger partial charge in [0, 0.05) is 11.8 Å². The first-order valence-electron chi connectivity index (χ1n) is 7.08. The third-order valence-corrected chi connectivity index (χ3v) is 6.23. The number of hydrogen-bond donors (Lipinski definition) is 3. The lowest BCUT2D eigenvalue weighted by Gasteiger charge is -2.56. The second-order valence-corrected chi connectivity index (χ2v) is 8.06. The van der Waals surface area contributed by atoms with E-state index in [9.17, 15) is 23.4 Å². The van der Waals surface area contributed by atoms with E-state index in [0.717, 1.165) is 0 Å². The first-order chi connectivity index (χ1) is 10.5. The molecule has 0 radical (unpaired) electrons. The summed E-state index contributed by atoms with van der Waals surface area (Å²) < 4.78 is 32.8. The van der Waals surface area contributed by atoms with Crippen LogP contribution in [0.5, 0.6) is 5.75 Å². The molecule has 8 heteroatoms. The van der Waals surface area contributed by atoms with Gasteiger partial charge in [0.25, 0.3) is 0 Å². The molecule has 2 rings (SSSR count). The minimum absolute atomic E-state index is 0.126. The Hall–Kier alpha value is -1.64. The predicted molar refractivity (Wildman–Crippen MR) is 82.8 cm³/mol. The summed E-state index contributed by atoms with van der Waals surface area (Å²) in [4.78, 5) is 11.6. The molecule has 1 aromatic carbocycles. The fourth-order valence-electron chi connectivity index (χ4n) is 2.82. The minimum atomic E-state index is -4.15. The molecule has 1 aliphatic carbocycles. The molecule has 1 saturated carbocycles. The zero-order chi connectivity index (χ0) is 17.6. The molecule has 0 amide bonds. The maximum absolute atomic E-state index is 12.7. The van der Waals surface area contributed by atoms with E-state index in [1.54, 1.807) is 13.0 Å². The van der Waals surface area contributed by atoms with Gasteiger partial charge in [-0.1, -0.05) is 19.9 Å². The molecule has 0 aliphatic heterocycles. The number of methoxy groups -OCH3 is 1. The molecular weight excluding hydrogens is 322 g/mol. The average molecular weight is 343 g/mol. The molecular formula is C15H21NO6S. The molecule has 2 atom stereocenters. The number of carbonyl (C=O) groups is 1. The van der Waals surface area contributed by atoms with Gasteiger partial charge in [0.15, 0.2) is 0 Å². The summed E-state index contributed by atoms with van der Waals surface area (Å²) in [7, 11) is -2.81. The number of aliphatic carboxylic acids is 1. The van der Waals surface area contributed by atoms with Crippen LogP contribution < -0.4 is 9.46 Å². The summed E-state index contributed by atoms with van der Waals surface area (Å²) in [6, 6.07) is 4.62. The fourth-order valence-corrected chi connectivity index (χ4v) is 4.58. The summed E-state index contributed by atoms with van der Waals surface area (Å²) in [5.74, 6) is -1.19. The van der Waals surface area contributed by atoms with Gasteiger partial charge in [-0.15, -0.1) is 0 Å². The molecule has 3 N–H and O–H groups in total. The second kappa shape index (κ2) is 5.47. The van der Waals surface area contributed by atoms with Crippen LogP contribution in [0.2, 0.25) is 0 Å². The van der Waals surface area contributed by atoms with Crippen molar-refractivity contribution in [2.75, 3.05) is 7.11 Å². The van der Waals surface area contributed by atoms with Gasteiger partial charge < -0.3 is 14.9 Å². The lowest BCUT2D eigenvalue weighted by atomic mass is 9.55. The maximum atomic E-state index is 12.7. The highest BCUT2D eigenvalue weighted by Crippen LogP contribution is 2.50. The molecule has 1 aromatic rings. The Labute approximate surface area is 135 Å². The molecule has 1 fully saturated rings. The monoisotopic (exact) mass is 343 g/mol. The highest BCUT2D eigenvalue weighted by molar-refractivity contribution is 7.89. The van der Waals surface area contributed by atoms with E-state index < -0.39 is 33.1 Å². The van der Waals surface area contributed by atoms with Crippen molar-refractivity contribution in [3.05, 3.63) is 23.8 Å². The third kappa shape index (κ3) is 2.60. The van der Waals surface area contributed by atoms with Crippen molar-refractivity contribution in [2.24, 2.45) is 5.41 Å². The quantitative estimate of drug-likeness (QED) is 0.732. The Bertz CT molecular complexity index is 742. The van der Waals surface area contributed by atoms with E-state index in [0.29, 0.717) is 5.56 Å².